The molecule has 16 heavy (non-hydrogen) atoms. The third-order valence-electron chi connectivity index (χ3n) is 5.12. The molecule has 3 unspecified atom stereocenters. The summed E-state index contributed by atoms with van der Waals surface area (Å²) in [5.74, 6) is 3.90. The van der Waals surface area contributed by atoms with Gasteiger partial charge in [0.15, 0.2) is 0 Å². The fourth-order valence-electron chi connectivity index (χ4n) is 4.11. The highest BCUT2D eigenvalue weighted by Crippen LogP contribution is 2.48. The second-order valence-electron chi connectivity index (χ2n) is 6.29. The lowest BCUT2D eigenvalue weighted by atomic mass is 9.82. The molecule has 3 aliphatic rings. The quantitative estimate of drug-likeness (QED) is 0.773. The van der Waals surface area contributed by atoms with Crippen LogP contribution in [0.2, 0.25) is 0 Å². The zero-order valence-corrected chi connectivity index (χ0v) is 10.5. The molecule has 0 aromatic rings. The summed E-state index contributed by atoms with van der Waals surface area (Å²) in [6.07, 6.45) is 9.17. The van der Waals surface area contributed by atoms with Crippen molar-refractivity contribution in [1.82, 2.24) is 5.32 Å². The van der Waals surface area contributed by atoms with Gasteiger partial charge in [-0.25, -0.2) is 0 Å². The first-order valence-electron chi connectivity index (χ1n) is 7.11. The third kappa shape index (κ3) is 2.14. The van der Waals surface area contributed by atoms with Crippen molar-refractivity contribution in [3.63, 3.8) is 0 Å². The van der Waals surface area contributed by atoms with Gasteiger partial charge in [-0.2, -0.15) is 0 Å². The van der Waals surface area contributed by atoms with E-state index < -0.39 is 0 Å². The summed E-state index contributed by atoms with van der Waals surface area (Å²) in [6.45, 7) is 2.24. The van der Waals surface area contributed by atoms with Gasteiger partial charge in [-0.3, -0.25) is 0 Å². The third-order valence-corrected chi connectivity index (χ3v) is 5.12. The summed E-state index contributed by atoms with van der Waals surface area (Å²) >= 11 is 0. The van der Waals surface area contributed by atoms with Crippen molar-refractivity contribution in [2.75, 3.05) is 20.2 Å². The van der Waals surface area contributed by atoms with Crippen LogP contribution in [0.1, 0.15) is 38.5 Å². The molecule has 0 aromatic heterocycles. The summed E-state index contributed by atoms with van der Waals surface area (Å²) in [7, 11) is 2.05. The Labute approximate surface area is 99.1 Å². The number of ether oxygens (including phenoxy) is 1. The molecule has 1 N–H and O–H groups in total. The maximum atomic E-state index is 6.06. The standard InChI is InChI=1S/C14H25NO/c1-15-8-11-6-14(7-11)16-9-13-5-10-2-3-12(13)4-10/h10-15H,2-9H2,1H3. The van der Waals surface area contributed by atoms with E-state index in [1.54, 1.807) is 0 Å². The molecule has 2 heteroatoms. The molecule has 3 atom stereocenters. The lowest BCUT2D eigenvalue weighted by molar-refractivity contribution is -0.0504. The van der Waals surface area contributed by atoms with Crippen molar-refractivity contribution in [1.29, 1.82) is 0 Å². The highest BCUT2D eigenvalue weighted by Gasteiger charge is 2.40. The maximum Gasteiger partial charge on any atom is 0.0581 e. The molecule has 0 aromatic carbocycles. The average molecular weight is 223 g/mol. The zero-order valence-electron chi connectivity index (χ0n) is 10.5. The Morgan fingerprint density at radius 3 is 2.62 bits per heavy atom. The van der Waals surface area contributed by atoms with Gasteiger partial charge in [0.2, 0.25) is 0 Å². The number of fused-ring (bicyclic) bond motifs is 2. The molecule has 3 aliphatic carbocycles. The molecular weight excluding hydrogens is 198 g/mol. The number of hydrogen-bond donors (Lipinski definition) is 1. The summed E-state index contributed by atoms with van der Waals surface area (Å²) in [6, 6.07) is 0. The smallest absolute Gasteiger partial charge is 0.0581 e. The minimum atomic E-state index is 0.595. The largest absolute Gasteiger partial charge is 0.378 e. The molecule has 2 bridgehead atoms. The second-order valence-corrected chi connectivity index (χ2v) is 6.29. The van der Waals surface area contributed by atoms with Crippen LogP contribution in [0.4, 0.5) is 0 Å². The Hall–Kier alpha value is -0.0800. The fraction of sp³-hybridized carbons (Fsp3) is 1.00. The van der Waals surface area contributed by atoms with Crippen LogP contribution in [0.25, 0.3) is 0 Å². The average Bonchev–Trinajstić information content (AvgIpc) is 2.82. The van der Waals surface area contributed by atoms with Gasteiger partial charge in [0, 0.05) is 0 Å². The topological polar surface area (TPSA) is 21.3 Å². The van der Waals surface area contributed by atoms with E-state index >= 15 is 0 Å². The Kier molecular flexibility index (Phi) is 3.21. The van der Waals surface area contributed by atoms with Gasteiger partial charge in [-0.15, -0.1) is 0 Å². The number of rotatable bonds is 5. The molecule has 3 fully saturated rings. The van der Waals surface area contributed by atoms with E-state index in [1.807, 2.05) is 7.05 Å². The van der Waals surface area contributed by atoms with Crippen LogP contribution in [0.3, 0.4) is 0 Å². The normalized spacial score (nSPS) is 45.9. The molecule has 0 radical (unpaired) electrons. The first-order chi connectivity index (χ1) is 7.85. The van der Waals surface area contributed by atoms with Gasteiger partial charge in [-0.1, -0.05) is 6.42 Å². The fourth-order valence-corrected chi connectivity index (χ4v) is 4.11. The predicted molar refractivity (Wildman–Crippen MR) is 65.3 cm³/mol. The van der Waals surface area contributed by atoms with E-state index in [4.69, 9.17) is 4.74 Å². The van der Waals surface area contributed by atoms with Crippen LogP contribution in [-0.4, -0.2) is 26.3 Å². The van der Waals surface area contributed by atoms with E-state index in [0.29, 0.717) is 6.10 Å². The molecule has 0 spiro atoms. The van der Waals surface area contributed by atoms with Gasteiger partial charge in [0.25, 0.3) is 0 Å². The molecule has 3 saturated carbocycles. The van der Waals surface area contributed by atoms with E-state index in [0.717, 1.165) is 30.3 Å². The van der Waals surface area contributed by atoms with E-state index in [2.05, 4.69) is 5.32 Å². The summed E-state index contributed by atoms with van der Waals surface area (Å²) in [5, 5.41) is 3.25. The number of nitrogens with one attached hydrogen (secondary N) is 1. The minimum absolute atomic E-state index is 0.595. The zero-order chi connectivity index (χ0) is 11.0. The molecule has 0 amide bonds. The van der Waals surface area contributed by atoms with Crippen LogP contribution in [0, 0.1) is 23.7 Å². The van der Waals surface area contributed by atoms with Crippen molar-refractivity contribution >= 4 is 0 Å². The lowest BCUT2D eigenvalue weighted by Crippen LogP contribution is -2.38. The van der Waals surface area contributed by atoms with E-state index in [1.165, 1.54) is 45.1 Å². The Bertz CT molecular complexity index is 237. The molecule has 92 valence electrons. The molecule has 3 rings (SSSR count). The molecular formula is C14H25NO. The van der Waals surface area contributed by atoms with Crippen molar-refractivity contribution in [2.45, 2.75) is 44.6 Å². The van der Waals surface area contributed by atoms with Gasteiger partial charge < -0.3 is 10.1 Å². The highest BCUT2D eigenvalue weighted by molar-refractivity contribution is 4.90. The van der Waals surface area contributed by atoms with Gasteiger partial charge in [-0.05, 0) is 69.4 Å². The van der Waals surface area contributed by atoms with Crippen molar-refractivity contribution in [2.24, 2.45) is 23.7 Å². The maximum absolute atomic E-state index is 6.06. The highest BCUT2D eigenvalue weighted by atomic mass is 16.5. The summed E-state index contributed by atoms with van der Waals surface area (Å²) < 4.78 is 6.06. The van der Waals surface area contributed by atoms with Crippen molar-refractivity contribution in [3.05, 3.63) is 0 Å². The Morgan fingerprint density at radius 1 is 1.12 bits per heavy atom. The van der Waals surface area contributed by atoms with Crippen molar-refractivity contribution in [3.8, 4) is 0 Å². The van der Waals surface area contributed by atoms with Gasteiger partial charge >= 0.3 is 0 Å². The van der Waals surface area contributed by atoms with Crippen LogP contribution in [0.5, 0.6) is 0 Å². The molecule has 0 saturated heterocycles. The van der Waals surface area contributed by atoms with Gasteiger partial charge in [0.1, 0.15) is 0 Å². The second kappa shape index (κ2) is 4.66. The minimum Gasteiger partial charge on any atom is -0.378 e. The molecule has 0 heterocycles. The SMILES string of the molecule is CNCC1CC(OCC2CC3CCC2C3)C1. The first-order valence-corrected chi connectivity index (χ1v) is 7.11. The lowest BCUT2D eigenvalue weighted by Gasteiger charge is -2.36. The van der Waals surface area contributed by atoms with Crippen molar-refractivity contribution < 1.29 is 4.74 Å². The van der Waals surface area contributed by atoms with Crippen LogP contribution in [0.15, 0.2) is 0 Å². The summed E-state index contributed by atoms with van der Waals surface area (Å²) in [4.78, 5) is 0. The monoisotopic (exact) mass is 223 g/mol. The Morgan fingerprint density at radius 2 is 2.00 bits per heavy atom. The summed E-state index contributed by atoms with van der Waals surface area (Å²) in [5.41, 5.74) is 0. The van der Waals surface area contributed by atoms with Crippen LogP contribution >= 0.6 is 0 Å². The Balaban J connectivity index is 1.33. The van der Waals surface area contributed by atoms with Gasteiger partial charge in [0.05, 0.1) is 12.7 Å². The van der Waals surface area contributed by atoms with E-state index in [9.17, 15) is 0 Å². The van der Waals surface area contributed by atoms with Crippen LogP contribution in [-0.2, 0) is 4.74 Å². The predicted octanol–water partition coefficient (Wildman–Crippen LogP) is 2.44. The van der Waals surface area contributed by atoms with E-state index in [-0.39, 0.29) is 0 Å². The first kappa shape index (κ1) is 11.0. The molecule has 0 aliphatic heterocycles. The number of hydrogen-bond acceptors (Lipinski definition) is 2. The van der Waals surface area contributed by atoms with Crippen LogP contribution < -0.4 is 5.32 Å². The molecule has 2 nitrogen and oxygen atoms in total.